The minimum Gasteiger partial charge on any atom is -0.463 e. The Labute approximate surface area is 217 Å². The van der Waals surface area contributed by atoms with E-state index in [-0.39, 0.29) is 13.2 Å². The minimum absolute atomic E-state index is 0.223. The van der Waals surface area contributed by atoms with E-state index in [1.54, 1.807) is 31.7 Å². The van der Waals surface area contributed by atoms with Crippen LogP contribution < -0.4 is 5.32 Å². The van der Waals surface area contributed by atoms with Gasteiger partial charge >= 0.3 is 11.9 Å². The van der Waals surface area contributed by atoms with Crippen molar-refractivity contribution in [3.05, 3.63) is 114 Å². The van der Waals surface area contributed by atoms with Crippen molar-refractivity contribution < 1.29 is 19.1 Å². The molecular weight excluding hydrogens is 466 g/mol. The van der Waals surface area contributed by atoms with Gasteiger partial charge in [-0.25, -0.2) is 9.59 Å². The Morgan fingerprint density at radius 2 is 1.65 bits per heavy atom. The van der Waals surface area contributed by atoms with Crippen LogP contribution in [0.15, 0.2) is 103 Å². The molecule has 4 rings (SSSR count). The maximum absolute atomic E-state index is 13.3. The van der Waals surface area contributed by atoms with Gasteiger partial charge in [0.25, 0.3) is 0 Å². The lowest BCUT2D eigenvalue weighted by Crippen LogP contribution is -2.29. The molecule has 190 valence electrons. The van der Waals surface area contributed by atoms with E-state index in [9.17, 15) is 9.59 Å². The number of nitrogens with one attached hydrogen (secondary N) is 1. The molecule has 1 atom stereocenters. The fourth-order valence-electron chi connectivity index (χ4n) is 4.27. The lowest BCUT2D eigenvalue weighted by molar-refractivity contribution is -0.140. The summed E-state index contributed by atoms with van der Waals surface area (Å²) in [6.07, 6.45) is 6.68. The summed E-state index contributed by atoms with van der Waals surface area (Å²) in [5.41, 5.74) is 4.54. The minimum atomic E-state index is -0.633. The molecule has 7 heteroatoms. The second kappa shape index (κ2) is 12.6. The SMILES string of the molecule is CCOC(=O)C1=CNC=C(C(=O)OCCN(C)Cc2ccccc2)C1c1cccc(-c2cccnc2)c1. The molecule has 0 aliphatic carbocycles. The van der Waals surface area contributed by atoms with Gasteiger partial charge in [0.05, 0.1) is 23.7 Å². The standard InChI is InChI=1S/C30H31N3O4/c1-3-36-29(34)26-19-32-20-27(30(35)37-16-15-33(2)21-22-9-5-4-6-10-22)28(26)24-12-7-11-23(17-24)25-13-8-14-31-18-25/h4-14,17-20,28,32H,3,15-16,21H2,1-2H3. The monoisotopic (exact) mass is 497 g/mol. The first kappa shape index (κ1) is 25.9. The maximum Gasteiger partial charge on any atom is 0.336 e. The molecule has 37 heavy (non-hydrogen) atoms. The number of ether oxygens (including phenoxy) is 2. The summed E-state index contributed by atoms with van der Waals surface area (Å²) in [4.78, 5) is 32.4. The van der Waals surface area contributed by atoms with Gasteiger partial charge in [-0.15, -0.1) is 0 Å². The Hall–Kier alpha value is -4.23. The Morgan fingerprint density at radius 1 is 0.919 bits per heavy atom. The number of hydrogen-bond donors (Lipinski definition) is 1. The number of aromatic nitrogens is 1. The number of esters is 2. The van der Waals surface area contributed by atoms with Crippen LogP contribution in [0.2, 0.25) is 0 Å². The van der Waals surface area contributed by atoms with Gasteiger partial charge in [-0.3, -0.25) is 9.88 Å². The molecule has 0 saturated heterocycles. The predicted octanol–water partition coefficient (Wildman–Crippen LogP) is 4.44. The summed E-state index contributed by atoms with van der Waals surface area (Å²) >= 11 is 0. The number of dihydropyridines is 1. The van der Waals surface area contributed by atoms with E-state index in [4.69, 9.17) is 9.47 Å². The van der Waals surface area contributed by atoms with Crippen molar-refractivity contribution in [3.8, 4) is 11.1 Å². The number of nitrogens with zero attached hydrogens (tertiary/aromatic N) is 2. The van der Waals surface area contributed by atoms with Gasteiger partial charge < -0.3 is 14.8 Å². The van der Waals surface area contributed by atoms with Crippen molar-refractivity contribution in [2.24, 2.45) is 0 Å². The number of hydrogen-bond acceptors (Lipinski definition) is 7. The molecule has 1 aromatic heterocycles. The third-order valence-corrected chi connectivity index (χ3v) is 6.06. The van der Waals surface area contributed by atoms with Crippen LogP contribution in [0.25, 0.3) is 11.1 Å². The average molecular weight is 498 g/mol. The van der Waals surface area contributed by atoms with E-state index in [1.807, 2.05) is 61.6 Å². The molecule has 7 nitrogen and oxygen atoms in total. The number of carbonyl (C=O) groups excluding carboxylic acids is 2. The molecule has 3 aromatic rings. The third kappa shape index (κ3) is 6.71. The molecule has 2 aromatic carbocycles. The zero-order valence-electron chi connectivity index (χ0n) is 21.1. The molecule has 1 unspecified atom stereocenters. The van der Waals surface area contributed by atoms with E-state index in [2.05, 4.69) is 27.3 Å². The average Bonchev–Trinajstić information content (AvgIpc) is 2.94. The topological polar surface area (TPSA) is 80.8 Å². The van der Waals surface area contributed by atoms with Crippen LogP contribution in [-0.2, 0) is 25.6 Å². The first-order valence-corrected chi connectivity index (χ1v) is 12.3. The van der Waals surface area contributed by atoms with Crippen molar-refractivity contribution in [2.75, 3.05) is 26.8 Å². The van der Waals surface area contributed by atoms with Gasteiger partial charge in [-0.2, -0.15) is 0 Å². The van der Waals surface area contributed by atoms with Crippen molar-refractivity contribution in [3.63, 3.8) is 0 Å². The van der Waals surface area contributed by atoms with Crippen molar-refractivity contribution in [2.45, 2.75) is 19.4 Å². The molecule has 0 spiro atoms. The Morgan fingerprint density at radius 3 is 2.35 bits per heavy atom. The van der Waals surface area contributed by atoms with Crippen LogP contribution >= 0.6 is 0 Å². The van der Waals surface area contributed by atoms with E-state index in [0.29, 0.717) is 17.7 Å². The first-order chi connectivity index (χ1) is 18.1. The largest absolute Gasteiger partial charge is 0.463 e. The molecule has 1 aliphatic heterocycles. The molecule has 1 aliphatic rings. The van der Waals surface area contributed by atoms with Crippen molar-refractivity contribution >= 4 is 11.9 Å². The van der Waals surface area contributed by atoms with Gasteiger partial charge in [0.15, 0.2) is 0 Å². The van der Waals surface area contributed by atoms with E-state index in [0.717, 1.165) is 23.2 Å². The highest BCUT2D eigenvalue weighted by Crippen LogP contribution is 2.36. The molecule has 0 saturated carbocycles. The second-order valence-corrected chi connectivity index (χ2v) is 8.75. The van der Waals surface area contributed by atoms with Gasteiger partial charge in [0, 0.05) is 37.9 Å². The molecule has 2 heterocycles. The quantitative estimate of drug-likeness (QED) is 0.415. The highest BCUT2D eigenvalue weighted by atomic mass is 16.5. The number of pyridine rings is 1. The van der Waals surface area contributed by atoms with Crippen LogP contribution in [-0.4, -0.2) is 48.6 Å². The third-order valence-electron chi connectivity index (χ3n) is 6.06. The van der Waals surface area contributed by atoms with Crippen LogP contribution in [0, 0.1) is 0 Å². The fourth-order valence-corrected chi connectivity index (χ4v) is 4.27. The number of carbonyl (C=O) groups is 2. The van der Waals surface area contributed by atoms with Crippen LogP contribution in [0.3, 0.4) is 0 Å². The zero-order chi connectivity index (χ0) is 26.0. The first-order valence-electron chi connectivity index (χ1n) is 12.3. The molecule has 0 bridgehead atoms. The Kier molecular flexibility index (Phi) is 8.84. The van der Waals surface area contributed by atoms with Crippen molar-refractivity contribution in [1.82, 2.24) is 15.2 Å². The molecule has 0 radical (unpaired) electrons. The highest BCUT2D eigenvalue weighted by Gasteiger charge is 2.34. The number of benzene rings is 2. The summed E-state index contributed by atoms with van der Waals surface area (Å²) in [6, 6.07) is 21.7. The lowest BCUT2D eigenvalue weighted by atomic mass is 9.82. The smallest absolute Gasteiger partial charge is 0.336 e. The fraction of sp³-hybridized carbons (Fsp3) is 0.233. The van der Waals surface area contributed by atoms with E-state index in [1.165, 1.54) is 5.56 Å². The van der Waals surface area contributed by atoms with Crippen LogP contribution in [0.4, 0.5) is 0 Å². The summed E-state index contributed by atoms with van der Waals surface area (Å²) in [5, 5.41) is 2.94. The van der Waals surface area contributed by atoms with Gasteiger partial charge in [-0.1, -0.05) is 60.7 Å². The molecule has 0 amide bonds. The maximum atomic E-state index is 13.3. The van der Waals surface area contributed by atoms with Crippen LogP contribution in [0.1, 0.15) is 24.0 Å². The zero-order valence-corrected chi connectivity index (χ0v) is 21.1. The van der Waals surface area contributed by atoms with Crippen LogP contribution in [0.5, 0.6) is 0 Å². The highest BCUT2D eigenvalue weighted by molar-refractivity contribution is 5.98. The molecule has 0 fully saturated rings. The van der Waals surface area contributed by atoms with Gasteiger partial charge in [0.2, 0.25) is 0 Å². The van der Waals surface area contributed by atoms with Crippen molar-refractivity contribution in [1.29, 1.82) is 0 Å². The summed E-state index contributed by atoms with van der Waals surface area (Å²) in [7, 11) is 1.98. The number of rotatable bonds is 10. The molecular formula is C30H31N3O4. The Bertz CT molecular complexity index is 1270. The summed E-state index contributed by atoms with van der Waals surface area (Å²) < 4.78 is 11.0. The van der Waals surface area contributed by atoms with E-state index >= 15 is 0 Å². The summed E-state index contributed by atoms with van der Waals surface area (Å²) in [6.45, 7) is 3.53. The lowest BCUT2D eigenvalue weighted by Gasteiger charge is -2.26. The summed E-state index contributed by atoms with van der Waals surface area (Å²) in [5.74, 6) is -1.59. The molecule has 1 N–H and O–H groups in total. The van der Waals surface area contributed by atoms with Gasteiger partial charge in [0.1, 0.15) is 6.61 Å². The normalized spacial score (nSPS) is 14.8. The second-order valence-electron chi connectivity index (χ2n) is 8.75. The van der Waals surface area contributed by atoms with E-state index < -0.39 is 17.9 Å². The number of likely N-dealkylation sites (N-methyl/N-ethyl adjacent to an activating group) is 1. The Balaban J connectivity index is 1.52. The predicted molar refractivity (Wildman–Crippen MR) is 142 cm³/mol. The van der Waals surface area contributed by atoms with Gasteiger partial charge in [-0.05, 0) is 42.3 Å².